The van der Waals surface area contributed by atoms with Gasteiger partial charge in [0, 0.05) is 25.6 Å². The predicted octanol–water partition coefficient (Wildman–Crippen LogP) is -0.142. The minimum absolute atomic E-state index is 0.0327. The van der Waals surface area contributed by atoms with Crippen LogP contribution in [0.3, 0.4) is 0 Å². The van der Waals surface area contributed by atoms with E-state index in [1.807, 2.05) is 13.8 Å². The van der Waals surface area contributed by atoms with E-state index in [2.05, 4.69) is 5.32 Å². The largest absolute Gasteiger partial charge is 0.396 e. The van der Waals surface area contributed by atoms with Gasteiger partial charge >= 0.3 is 0 Å². The number of hydrogen-bond acceptors (Lipinski definition) is 3. The minimum atomic E-state index is -0.0515. The molecule has 0 heterocycles. The highest BCUT2D eigenvalue weighted by Gasteiger charge is 2.08. The monoisotopic (exact) mass is 188 g/mol. The molecule has 0 bridgehead atoms. The average molecular weight is 188 g/mol. The van der Waals surface area contributed by atoms with Crippen LogP contribution in [0, 0.1) is 5.92 Å². The molecule has 0 aliphatic carbocycles. The van der Waals surface area contributed by atoms with Gasteiger partial charge in [-0.15, -0.1) is 0 Å². The first-order chi connectivity index (χ1) is 6.10. The normalized spacial score (nSPS) is 15.1. The second kappa shape index (κ2) is 6.86. The third-order valence-corrected chi connectivity index (χ3v) is 1.93. The van der Waals surface area contributed by atoms with Gasteiger partial charge in [0.15, 0.2) is 0 Å². The van der Waals surface area contributed by atoms with Crippen molar-refractivity contribution in [2.75, 3.05) is 13.2 Å². The molecular formula is C9H20N2O2. The summed E-state index contributed by atoms with van der Waals surface area (Å²) >= 11 is 0. The SMILES string of the molecule is CCC(N)CC(=O)NCC(C)CO. The van der Waals surface area contributed by atoms with E-state index in [9.17, 15) is 4.79 Å². The van der Waals surface area contributed by atoms with Crippen LogP contribution in [0.15, 0.2) is 0 Å². The Morgan fingerprint density at radius 3 is 2.69 bits per heavy atom. The van der Waals surface area contributed by atoms with Gasteiger partial charge in [0.2, 0.25) is 5.91 Å². The summed E-state index contributed by atoms with van der Waals surface area (Å²) in [5.74, 6) is 0.0800. The Balaban J connectivity index is 3.51. The lowest BCUT2D eigenvalue weighted by molar-refractivity contribution is -0.121. The molecule has 13 heavy (non-hydrogen) atoms. The van der Waals surface area contributed by atoms with Crippen molar-refractivity contribution in [1.29, 1.82) is 0 Å². The summed E-state index contributed by atoms with van der Waals surface area (Å²) in [4.78, 5) is 11.2. The van der Waals surface area contributed by atoms with Crippen LogP contribution in [-0.2, 0) is 4.79 Å². The first kappa shape index (κ1) is 12.4. The van der Waals surface area contributed by atoms with Crippen molar-refractivity contribution in [2.24, 2.45) is 11.7 Å². The molecule has 0 aromatic rings. The number of rotatable bonds is 6. The van der Waals surface area contributed by atoms with E-state index in [0.717, 1.165) is 6.42 Å². The second-order valence-electron chi connectivity index (χ2n) is 3.46. The number of aliphatic hydroxyl groups is 1. The zero-order valence-electron chi connectivity index (χ0n) is 8.42. The molecule has 0 aliphatic heterocycles. The summed E-state index contributed by atoms with van der Waals surface area (Å²) in [5, 5.41) is 11.4. The van der Waals surface area contributed by atoms with Crippen molar-refractivity contribution >= 4 is 5.91 Å². The van der Waals surface area contributed by atoms with Crippen molar-refractivity contribution in [1.82, 2.24) is 5.32 Å². The molecule has 0 radical (unpaired) electrons. The van der Waals surface area contributed by atoms with Crippen LogP contribution in [0.5, 0.6) is 0 Å². The fourth-order valence-corrected chi connectivity index (χ4v) is 0.807. The van der Waals surface area contributed by atoms with E-state index in [1.54, 1.807) is 0 Å². The summed E-state index contributed by atoms with van der Waals surface area (Å²) < 4.78 is 0. The molecule has 0 saturated heterocycles. The Morgan fingerprint density at radius 1 is 1.62 bits per heavy atom. The quantitative estimate of drug-likeness (QED) is 0.543. The van der Waals surface area contributed by atoms with E-state index in [-0.39, 0.29) is 24.5 Å². The van der Waals surface area contributed by atoms with Gasteiger partial charge in [0.25, 0.3) is 0 Å². The Hall–Kier alpha value is -0.610. The highest BCUT2D eigenvalue weighted by molar-refractivity contribution is 5.76. The van der Waals surface area contributed by atoms with Crippen LogP contribution >= 0.6 is 0 Å². The number of hydrogen-bond donors (Lipinski definition) is 3. The molecule has 0 rings (SSSR count). The van der Waals surface area contributed by atoms with Crippen LogP contribution in [0.2, 0.25) is 0 Å². The standard InChI is InChI=1S/C9H20N2O2/c1-3-8(10)4-9(13)11-5-7(2)6-12/h7-8,12H,3-6,10H2,1-2H3,(H,11,13). The third-order valence-electron chi connectivity index (χ3n) is 1.93. The number of nitrogens with two attached hydrogens (primary N) is 1. The maximum atomic E-state index is 11.2. The molecule has 0 aromatic heterocycles. The Labute approximate surface area is 79.5 Å². The maximum absolute atomic E-state index is 11.2. The van der Waals surface area contributed by atoms with Crippen molar-refractivity contribution in [2.45, 2.75) is 32.7 Å². The zero-order chi connectivity index (χ0) is 10.3. The molecule has 1 amide bonds. The first-order valence-corrected chi connectivity index (χ1v) is 4.73. The topological polar surface area (TPSA) is 75.4 Å². The van der Waals surface area contributed by atoms with Crippen LogP contribution < -0.4 is 11.1 Å². The number of nitrogens with one attached hydrogen (secondary N) is 1. The molecule has 4 nitrogen and oxygen atoms in total. The van der Waals surface area contributed by atoms with E-state index >= 15 is 0 Å². The summed E-state index contributed by atoms with van der Waals surface area (Å²) in [5.41, 5.74) is 5.60. The number of carbonyl (C=O) groups is 1. The molecule has 2 unspecified atom stereocenters. The first-order valence-electron chi connectivity index (χ1n) is 4.73. The fraction of sp³-hybridized carbons (Fsp3) is 0.889. The van der Waals surface area contributed by atoms with E-state index in [4.69, 9.17) is 10.8 Å². The zero-order valence-corrected chi connectivity index (χ0v) is 8.42. The van der Waals surface area contributed by atoms with Gasteiger partial charge in [-0.1, -0.05) is 13.8 Å². The number of aliphatic hydroxyl groups excluding tert-OH is 1. The van der Waals surface area contributed by atoms with E-state index in [1.165, 1.54) is 0 Å². The van der Waals surface area contributed by atoms with Crippen LogP contribution in [0.25, 0.3) is 0 Å². The van der Waals surface area contributed by atoms with Gasteiger partial charge in [-0.3, -0.25) is 4.79 Å². The van der Waals surface area contributed by atoms with Crippen LogP contribution in [0.1, 0.15) is 26.7 Å². The fourth-order valence-electron chi connectivity index (χ4n) is 0.807. The van der Waals surface area contributed by atoms with Crippen LogP contribution in [-0.4, -0.2) is 30.2 Å². The molecule has 0 aliphatic rings. The maximum Gasteiger partial charge on any atom is 0.221 e. The van der Waals surface area contributed by atoms with Gasteiger partial charge in [-0.25, -0.2) is 0 Å². The Bertz CT molecular complexity index is 151. The highest BCUT2D eigenvalue weighted by Crippen LogP contribution is 1.94. The molecule has 0 aromatic carbocycles. The summed E-state index contributed by atoms with van der Waals surface area (Å²) in [6.07, 6.45) is 1.18. The van der Waals surface area contributed by atoms with E-state index in [0.29, 0.717) is 13.0 Å². The van der Waals surface area contributed by atoms with Crippen molar-refractivity contribution < 1.29 is 9.90 Å². The molecule has 0 saturated carbocycles. The molecule has 0 spiro atoms. The minimum Gasteiger partial charge on any atom is -0.396 e. The lowest BCUT2D eigenvalue weighted by atomic mass is 10.1. The number of carbonyl (C=O) groups excluding carboxylic acids is 1. The van der Waals surface area contributed by atoms with Gasteiger partial charge < -0.3 is 16.2 Å². The van der Waals surface area contributed by atoms with Crippen molar-refractivity contribution in [3.05, 3.63) is 0 Å². The van der Waals surface area contributed by atoms with Crippen LogP contribution in [0.4, 0.5) is 0 Å². The Morgan fingerprint density at radius 2 is 2.23 bits per heavy atom. The predicted molar refractivity (Wildman–Crippen MR) is 52.1 cm³/mol. The van der Waals surface area contributed by atoms with Gasteiger partial charge in [0.05, 0.1) is 0 Å². The molecule has 0 fully saturated rings. The third kappa shape index (κ3) is 6.54. The summed E-state index contributed by atoms with van der Waals surface area (Å²) in [7, 11) is 0. The lowest BCUT2D eigenvalue weighted by Crippen LogP contribution is -2.34. The average Bonchev–Trinajstić information content (AvgIpc) is 2.13. The summed E-state index contributed by atoms with van der Waals surface area (Å²) in [6, 6.07) is -0.0515. The molecular weight excluding hydrogens is 168 g/mol. The van der Waals surface area contributed by atoms with Gasteiger partial charge in [0.1, 0.15) is 0 Å². The molecule has 78 valence electrons. The van der Waals surface area contributed by atoms with Crippen molar-refractivity contribution in [3.63, 3.8) is 0 Å². The second-order valence-corrected chi connectivity index (χ2v) is 3.46. The summed E-state index contributed by atoms with van der Waals surface area (Å²) in [6.45, 7) is 4.44. The van der Waals surface area contributed by atoms with Gasteiger partial charge in [-0.05, 0) is 12.3 Å². The lowest BCUT2D eigenvalue weighted by Gasteiger charge is -2.11. The number of amides is 1. The Kier molecular flexibility index (Phi) is 6.54. The van der Waals surface area contributed by atoms with Gasteiger partial charge in [-0.2, -0.15) is 0 Å². The molecule has 2 atom stereocenters. The molecule has 4 heteroatoms. The highest BCUT2D eigenvalue weighted by atomic mass is 16.3. The smallest absolute Gasteiger partial charge is 0.221 e. The molecule has 4 N–H and O–H groups in total. The van der Waals surface area contributed by atoms with Crippen molar-refractivity contribution in [3.8, 4) is 0 Å². The van der Waals surface area contributed by atoms with E-state index < -0.39 is 0 Å².